The van der Waals surface area contributed by atoms with Crippen LogP contribution in [0.1, 0.15) is 36.4 Å². The predicted octanol–water partition coefficient (Wildman–Crippen LogP) is 4.32. The van der Waals surface area contributed by atoms with Gasteiger partial charge in [-0.05, 0) is 54.9 Å². The number of rotatable bonds is 8. The molecule has 29 heavy (non-hydrogen) atoms. The summed E-state index contributed by atoms with van der Waals surface area (Å²) in [6.45, 7) is 2.37. The molecule has 2 aromatic carbocycles. The molecule has 1 fully saturated rings. The maximum Gasteiger partial charge on any atom is 0.189 e. The molecule has 0 spiro atoms. The molecule has 3 N–H and O–H groups in total. The van der Waals surface area contributed by atoms with E-state index in [0.717, 1.165) is 44.6 Å². The molecule has 5 nitrogen and oxygen atoms in total. The van der Waals surface area contributed by atoms with Gasteiger partial charge in [-0.2, -0.15) is 0 Å². The summed E-state index contributed by atoms with van der Waals surface area (Å²) in [5.74, 6) is 2.03. The molecule has 1 unspecified atom stereocenters. The maximum atomic E-state index is 6.22. The van der Waals surface area contributed by atoms with Gasteiger partial charge >= 0.3 is 0 Å². The molecule has 1 atom stereocenters. The third-order valence-corrected chi connectivity index (χ3v) is 5.28. The molecular formula is C23H32IN3O2. The standard InChI is InChI=1S/C23H31N3O2.HI/c1-27-21-9-7-18(8-10-21)11-14-25-23(24)26-22(20-5-3-2-4-6-20)17-19-12-15-28-16-13-19;/h2-10,19,22H,11-17H2,1H3,(H3,24,25,26);1H. The van der Waals surface area contributed by atoms with Crippen LogP contribution in [-0.2, 0) is 11.2 Å². The molecule has 2 aromatic rings. The molecule has 1 aliphatic heterocycles. The Morgan fingerprint density at radius 3 is 2.48 bits per heavy atom. The van der Waals surface area contributed by atoms with Crippen LogP contribution < -0.4 is 15.8 Å². The SMILES string of the molecule is COc1ccc(CCN=C(N)NC(CC2CCOCC2)c2ccccc2)cc1.I. The largest absolute Gasteiger partial charge is 0.497 e. The lowest BCUT2D eigenvalue weighted by atomic mass is 9.89. The van der Waals surface area contributed by atoms with Crippen LogP contribution in [0.4, 0.5) is 0 Å². The topological polar surface area (TPSA) is 68.9 Å². The molecule has 1 aliphatic rings. The Kier molecular flexibility index (Phi) is 10.3. The smallest absolute Gasteiger partial charge is 0.189 e. The van der Waals surface area contributed by atoms with Gasteiger partial charge in [-0.15, -0.1) is 24.0 Å². The summed E-state index contributed by atoms with van der Waals surface area (Å²) in [6.07, 6.45) is 4.11. The van der Waals surface area contributed by atoms with Crippen molar-refractivity contribution in [1.82, 2.24) is 5.32 Å². The lowest BCUT2D eigenvalue weighted by Gasteiger charge is -2.28. The van der Waals surface area contributed by atoms with Crippen LogP contribution in [0.15, 0.2) is 59.6 Å². The Balaban J connectivity index is 0.00000300. The summed E-state index contributed by atoms with van der Waals surface area (Å²) >= 11 is 0. The van der Waals surface area contributed by atoms with E-state index < -0.39 is 0 Å². The lowest BCUT2D eigenvalue weighted by molar-refractivity contribution is 0.0612. The molecule has 0 aliphatic carbocycles. The zero-order valence-corrected chi connectivity index (χ0v) is 19.4. The van der Waals surface area contributed by atoms with E-state index in [1.165, 1.54) is 11.1 Å². The second-order valence-electron chi connectivity index (χ2n) is 7.26. The number of ether oxygens (including phenoxy) is 2. The van der Waals surface area contributed by atoms with E-state index in [1.807, 2.05) is 18.2 Å². The highest BCUT2D eigenvalue weighted by atomic mass is 127. The van der Waals surface area contributed by atoms with Crippen LogP contribution in [0.5, 0.6) is 5.75 Å². The number of halogens is 1. The maximum absolute atomic E-state index is 6.22. The van der Waals surface area contributed by atoms with Crippen molar-refractivity contribution in [1.29, 1.82) is 0 Å². The summed E-state index contributed by atoms with van der Waals surface area (Å²) in [6, 6.07) is 18.8. The molecule has 0 saturated carbocycles. The molecule has 0 amide bonds. The molecule has 0 radical (unpaired) electrons. The predicted molar refractivity (Wildman–Crippen MR) is 129 cm³/mol. The van der Waals surface area contributed by atoms with E-state index in [9.17, 15) is 0 Å². The first-order valence-corrected chi connectivity index (χ1v) is 10.1. The van der Waals surface area contributed by atoms with Crippen LogP contribution in [-0.4, -0.2) is 32.8 Å². The van der Waals surface area contributed by atoms with Crippen LogP contribution in [0.3, 0.4) is 0 Å². The van der Waals surface area contributed by atoms with Crippen molar-refractivity contribution in [2.75, 3.05) is 26.9 Å². The number of nitrogens with two attached hydrogens (primary N) is 1. The van der Waals surface area contributed by atoms with E-state index in [4.69, 9.17) is 15.2 Å². The molecule has 0 aromatic heterocycles. The Morgan fingerprint density at radius 1 is 1.14 bits per heavy atom. The molecule has 1 heterocycles. The lowest BCUT2D eigenvalue weighted by Crippen LogP contribution is -2.36. The minimum atomic E-state index is 0. The fraction of sp³-hybridized carbons (Fsp3) is 0.435. The van der Waals surface area contributed by atoms with Gasteiger partial charge in [0.15, 0.2) is 5.96 Å². The van der Waals surface area contributed by atoms with Gasteiger partial charge in [0, 0.05) is 19.8 Å². The third kappa shape index (κ3) is 7.85. The molecule has 6 heteroatoms. The van der Waals surface area contributed by atoms with Crippen molar-refractivity contribution < 1.29 is 9.47 Å². The van der Waals surface area contributed by atoms with E-state index in [2.05, 4.69) is 46.7 Å². The van der Waals surface area contributed by atoms with Gasteiger partial charge in [-0.25, -0.2) is 0 Å². The Labute approximate surface area is 191 Å². The summed E-state index contributed by atoms with van der Waals surface area (Å²) < 4.78 is 10.7. The first kappa shape index (κ1) is 23.5. The molecule has 1 saturated heterocycles. The van der Waals surface area contributed by atoms with E-state index >= 15 is 0 Å². The van der Waals surface area contributed by atoms with Crippen molar-refractivity contribution in [3.8, 4) is 5.75 Å². The number of hydrogen-bond donors (Lipinski definition) is 2. The van der Waals surface area contributed by atoms with Gasteiger partial charge in [0.25, 0.3) is 0 Å². The highest BCUT2D eigenvalue weighted by molar-refractivity contribution is 14.0. The van der Waals surface area contributed by atoms with Crippen LogP contribution >= 0.6 is 24.0 Å². The fourth-order valence-corrected chi connectivity index (χ4v) is 3.60. The number of nitrogens with zero attached hydrogens (tertiary/aromatic N) is 1. The van der Waals surface area contributed by atoms with E-state index in [1.54, 1.807) is 7.11 Å². The Morgan fingerprint density at radius 2 is 1.83 bits per heavy atom. The second-order valence-corrected chi connectivity index (χ2v) is 7.26. The monoisotopic (exact) mass is 509 g/mol. The number of aliphatic imine (C=N–C) groups is 1. The van der Waals surface area contributed by atoms with Crippen LogP contribution in [0.25, 0.3) is 0 Å². The van der Waals surface area contributed by atoms with Gasteiger partial charge < -0.3 is 20.5 Å². The highest BCUT2D eigenvalue weighted by Crippen LogP contribution is 2.27. The fourth-order valence-electron chi connectivity index (χ4n) is 3.60. The number of hydrogen-bond acceptors (Lipinski definition) is 3. The average molecular weight is 509 g/mol. The summed E-state index contributed by atoms with van der Waals surface area (Å²) in [5, 5.41) is 3.45. The third-order valence-electron chi connectivity index (χ3n) is 5.28. The van der Waals surface area contributed by atoms with Gasteiger partial charge in [0.1, 0.15) is 5.75 Å². The van der Waals surface area contributed by atoms with E-state index in [-0.39, 0.29) is 30.0 Å². The minimum absolute atomic E-state index is 0. The van der Waals surface area contributed by atoms with Crippen molar-refractivity contribution in [3.63, 3.8) is 0 Å². The zero-order chi connectivity index (χ0) is 19.6. The van der Waals surface area contributed by atoms with E-state index in [0.29, 0.717) is 18.4 Å². The summed E-state index contributed by atoms with van der Waals surface area (Å²) in [7, 11) is 1.68. The zero-order valence-electron chi connectivity index (χ0n) is 17.0. The summed E-state index contributed by atoms with van der Waals surface area (Å²) in [5.41, 5.74) is 8.69. The minimum Gasteiger partial charge on any atom is -0.497 e. The van der Waals surface area contributed by atoms with Gasteiger partial charge in [-0.3, -0.25) is 4.99 Å². The van der Waals surface area contributed by atoms with Gasteiger partial charge in [0.05, 0.1) is 13.2 Å². The number of guanidine groups is 1. The van der Waals surface area contributed by atoms with Crippen molar-refractivity contribution in [2.24, 2.45) is 16.6 Å². The first-order valence-electron chi connectivity index (χ1n) is 10.1. The van der Waals surface area contributed by atoms with Crippen molar-refractivity contribution >= 4 is 29.9 Å². The Bertz CT molecular complexity index is 732. The van der Waals surface area contributed by atoms with Crippen LogP contribution in [0.2, 0.25) is 0 Å². The van der Waals surface area contributed by atoms with Crippen molar-refractivity contribution in [2.45, 2.75) is 31.7 Å². The molecular weight excluding hydrogens is 477 g/mol. The average Bonchev–Trinajstić information content (AvgIpc) is 2.75. The number of nitrogens with one attached hydrogen (secondary N) is 1. The number of methoxy groups -OCH3 is 1. The number of benzene rings is 2. The molecule has 158 valence electrons. The normalized spacial score (nSPS) is 16.0. The quantitative estimate of drug-likeness (QED) is 0.316. The first-order chi connectivity index (χ1) is 13.7. The Hall–Kier alpha value is -1.80. The van der Waals surface area contributed by atoms with Gasteiger partial charge in [0.2, 0.25) is 0 Å². The van der Waals surface area contributed by atoms with Gasteiger partial charge in [-0.1, -0.05) is 42.5 Å². The summed E-state index contributed by atoms with van der Waals surface area (Å²) in [4.78, 5) is 4.55. The highest BCUT2D eigenvalue weighted by Gasteiger charge is 2.21. The molecule has 0 bridgehead atoms. The second kappa shape index (κ2) is 12.7. The van der Waals surface area contributed by atoms with Crippen LogP contribution in [0, 0.1) is 5.92 Å². The van der Waals surface area contributed by atoms with Crippen molar-refractivity contribution in [3.05, 3.63) is 65.7 Å². The molecule has 3 rings (SSSR count).